The number of halogens is 1. The molecule has 0 aliphatic heterocycles. The molecule has 18 heavy (non-hydrogen) atoms. The topological polar surface area (TPSA) is 44.5 Å². The van der Waals surface area contributed by atoms with Crippen LogP contribution in [0.25, 0.3) is 0 Å². The van der Waals surface area contributed by atoms with E-state index in [1.54, 1.807) is 7.11 Å². The summed E-state index contributed by atoms with van der Waals surface area (Å²) in [7, 11) is 1.68. The molecule has 0 heterocycles. The second-order valence-corrected chi connectivity index (χ2v) is 6.17. The van der Waals surface area contributed by atoms with Gasteiger partial charge in [-0.15, -0.1) is 0 Å². The molecule has 2 aliphatic rings. The summed E-state index contributed by atoms with van der Waals surface area (Å²) in [5, 5.41) is 0. The molecule has 2 fully saturated rings. The second kappa shape index (κ2) is 4.42. The molecule has 98 valence electrons. The zero-order chi connectivity index (χ0) is 12.8. The van der Waals surface area contributed by atoms with Gasteiger partial charge in [-0.25, -0.2) is 0 Å². The molecule has 2 saturated carbocycles. The van der Waals surface area contributed by atoms with Gasteiger partial charge in [0.2, 0.25) is 0 Å². The van der Waals surface area contributed by atoms with E-state index < -0.39 is 0 Å². The summed E-state index contributed by atoms with van der Waals surface area (Å²) in [6.45, 7) is 0. The zero-order valence-corrected chi connectivity index (χ0v) is 12.1. The van der Waals surface area contributed by atoms with Gasteiger partial charge in [0.1, 0.15) is 0 Å². The first-order chi connectivity index (χ1) is 8.62. The molecule has 0 aromatic heterocycles. The predicted molar refractivity (Wildman–Crippen MR) is 74.1 cm³/mol. The largest absolute Gasteiger partial charge is 0.493 e. The Morgan fingerprint density at radius 2 is 2.06 bits per heavy atom. The van der Waals surface area contributed by atoms with Crippen LogP contribution in [0.1, 0.15) is 37.7 Å². The van der Waals surface area contributed by atoms with Gasteiger partial charge in [0.05, 0.1) is 17.7 Å². The summed E-state index contributed by atoms with van der Waals surface area (Å²) in [6, 6.07) is 4.11. The summed E-state index contributed by atoms with van der Waals surface area (Å²) < 4.78 is 12.3. The van der Waals surface area contributed by atoms with Crippen LogP contribution in [0.2, 0.25) is 0 Å². The van der Waals surface area contributed by atoms with Crippen LogP contribution < -0.4 is 15.2 Å². The summed E-state index contributed by atoms with van der Waals surface area (Å²) in [4.78, 5) is 0. The minimum atomic E-state index is -0.173. The Kier molecular flexibility index (Phi) is 3.02. The Balaban J connectivity index is 1.95. The fourth-order valence-corrected chi connectivity index (χ4v) is 2.86. The van der Waals surface area contributed by atoms with Gasteiger partial charge in [-0.1, -0.05) is 0 Å². The molecule has 0 unspecified atom stereocenters. The molecule has 0 bridgehead atoms. The van der Waals surface area contributed by atoms with Crippen molar-refractivity contribution in [3.63, 3.8) is 0 Å². The minimum Gasteiger partial charge on any atom is -0.493 e. The Bertz CT molecular complexity index is 467. The lowest BCUT2D eigenvalue weighted by molar-refractivity contribution is 0.249. The van der Waals surface area contributed by atoms with Gasteiger partial charge in [-0.2, -0.15) is 0 Å². The smallest absolute Gasteiger partial charge is 0.175 e. The molecule has 0 spiro atoms. The molecular weight excluding hydrogens is 294 g/mol. The zero-order valence-electron chi connectivity index (χ0n) is 10.5. The third-order valence-corrected chi connectivity index (χ3v) is 4.45. The van der Waals surface area contributed by atoms with Crippen molar-refractivity contribution in [2.24, 2.45) is 5.73 Å². The summed E-state index contributed by atoms with van der Waals surface area (Å²) in [5.41, 5.74) is 7.33. The van der Waals surface area contributed by atoms with Gasteiger partial charge < -0.3 is 15.2 Å². The first-order valence-corrected chi connectivity index (χ1v) is 7.25. The van der Waals surface area contributed by atoms with Crippen molar-refractivity contribution in [2.75, 3.05) is 7.11 Å². The molecule has 3 rings (SSSR count). The fourth-order valence-electron chi connectivity index (χ4n) is 2.32. The van der Waals surface area contributed by atoms with E-state index in [0.717, 1.165) is 47.2 Å². The lowest BCUT2D eigenvalue weighted by Gasteiger charge is -2.39. The Morgan fingerprint density at radius 3 is 2.56 bits per heavy atom. The van der Waals surface area contributed by atoms with Crippen molar-refractivity contribution >= 4 is 15.9 Å². The summed E-state index contributed by atoms with van der Waals surface area (Å²) in [5.74, 6) is 1.59. The average Bonchev–Trinajstić information content (AvgIpc) is 3.12. The highest BCUT2D eigenvalue weighted by molar-refractivity contribution is 9.10. The number of methoxy groups -OCH3 is 1. The summed E-state index contributed by atoms with van der Waals surface area (Å²) >= 11 is 3.58. The number of rotatable bonds is 4. The molecule has 4 heteroatoms. The Hall–Kier alpha value is -0.740. The molecular formula is C14H18BrNO2. The number of hydrogen-bond acceptors (Lipinski definition) is 3. The van der Waals surface area contributed by atoms with Crippen LogP contribution in [0, 0.1) is 0 Å². The lowest BCUT2D eigenvalue weighted by Crippen LogP contribution is -2.43. The molecule has 2 N–H and O–H groups in total. The van der Waals surface area contributed by atoms with Gasteiger partial charge in [-0.3, -0.25) is 0 Å². The Morgan fingerprint density at radius 1 is 1.33 bits per heavy atom. The molecule has 2 aliphatic carbocycles. The van der Waals surface area contributed by atoms with Crippen molar-refractivity contribution in [2.45, 2.75) is 43.7 Å². The van der Waals surface area contributed by atoms with Crippen LogP contribution in [-0.4, -0.2) is 13.2 Å². The number of benzene rings is 1. The maximum absolute atomic E-state index is 6.36. The van der Waals surface area contributed by atoms with Crippen molar-refractivity contribution < 1.29 is 9.47 Å². The van der Waals surface area contributed by atoms with Crippen molar-refractivity contribution in [3.8, 4) is 11.5 Å². The van der Waals surface area contributed by atoms with Gasteiger partial charge in [0.25, 0.3) is 0 Å². The van der Waals surface area contributed by atoms with Gasteiger partial charge in [-0.05, 0) is 65.7 Å². The van der Waals surface area contributed by atoms with E-state index in [2.05, 4.69) is 22.0 Å². The first kappa shape index (κ1) is 12.3. The molecule has 3 nitrogen and oxygen atoms in total. The van der Waals surface area contributed by atoms with E-state index in [-0.39, 0.29) is 5.54 Å². The quantitative estimate of drug-likeness (QED) is 0.927. The maximum Gasteiger partial charge on any atom is 0.175 e. The van der Waals surface area contributed by atoms with Crippen LogP contribution in [0.4, 0.5) is 0 Å². The van der Waals surface area contributed by atoms with Crippen molar-refractivity contribution in [3.05, 3.63) is 22.2 Å². The van der Waals surface area contributed by atoms with Crippen LogP contribution in [0.3, 0.4) is 0 Å². The molecule has 1 aromatic carbocycles. The van der Waals surface area contributed by atoms with E-state index in [4.69, 9.17) is 15.2 Å². The third kappa shape index (κ3) is 2.12. The van der Waals surface area contributed by atoms with Crippen LogP contribution >= 0.6 is 15.9 Å². The standard InChI is InChI=1S/C14H18BrNO2/c1-17-12-8-9(14(16)5-2-6-14)7-11(15)13(12)18-10-3-4-10/h7-8,10H,2-6,16H2,1H3. The average molecular weight is 312 g/mol. The van der Waals surface area contributed by atoms with Crippen LogP contribution in [-0.2, 0) is 5.54 Å². The number of hydrogen-bond donors (Lipinski definition) is 1. The van der Waals surface area contributed by atoms with E-state index in [0.29, 0.717) is 6.10 Å². The first-order valence-electron chi connectivity index (χ1n) is 6.46. The normalized spacial score (nSPS) is 21.3. The van der Waals surface area contributed by atoms with E-state index >= 15 is 0 Å². The molecule has 0 amide bonds. The predicted octanol–water partition coefficient (Wildman–Crippen LogP) is 3.34. The van der Waals surface area contributed by atoms with Gasteiger partial charge >= 0.3 is 0 Å². The fraction of sp³-hybridized carbons (Fsp3) is 0.571. The van der Waals surface area contributed by atoms with Crippen molar-refractivity contribution in [1.82, 2.24) is 0 Å². The molecule has 0 radical (unpaired) electrons. The van der Waals surface area contributed by atoms with Crippen molar-refractivity contribution in [1.29, 1.82) is 0 Å². The Labute approximate surface area is 116 Å². The highest BCUT2D eigenvalue weighted by Gasteiger charge is 2.36. The number of ether oxygens (including phenoxy) is 2. The van der Waals surface area contributed by atoms with Crippen LogP contribution in [0.15, 0.2) is 16.6 Å². The molecule has 0 atom stereocenters. The maximum atomic E-state index is 6.36. The van der Waals surface area contributed by atoms with E-state index in [1.807, 2.05) is 6.07 Å². The third-order valence-electron chi connectivity index (χ3n) is 3.86. The highest BCUT2D eigenvalue weighted by atomic mass is 79.9. The van der Waals surface area contributed by atoms with Gasteiger partial charge in [0, 0.05) is 5.54 Å². The second-order valence-electron chi connectivity index (χ2n) is 5.32. The minimum absolute atomic E-state index is 0.173. The highest BCUT2D eigenvalue weighted by Crippen LogP contribution is 2.46. The lowest BCUT2D eigenvalue weighted by atomic mass is 9.73. The number of nitrogens with two attached hydrogens (primary N) is 1. The molecule has 0 saturated heterocycles. The van der Waals surface area contributed by atoms with E-state index in [9.17, 15) is 0 Å². The summed E-state index contributed by atoms with van der Waals surface area (Å²) in [6.07, 6.45) is 5.93. The SMILES string of the molecule is COc1cc(C2(N)CCC2)cc(Br)c1OC1CC1. The van der Waals surface area contributed by atoms with E-state index in [1.165, 1.54) is 6.42 Å². The van der Waals surface area contributed by atoms with Gasteiger partial charge in [0.15, 0.2) is 11.5 Å². The van der Waals surface area contributed by atoms with Crippen LogP contribution in [0.5, 0.6) is 11.5 Å². The monoisotopic (exact) mass is 311 g/mol. The molecule has 1 aromatic rings.